The highest BCUT2D eigenvalue weighted by atomic mass is 35.5. The van der Waals surface area contributed by atoms with E-state index in [9.17, 15) is 9.59 Å². The topological polar surface area (TPSA) is 66.8 Å². The van der Waals surface area contributed by atoms with Crippen LogP contribution >= 0.6 is 11.6 Å². The molecule has 0 bridgehead atoms. The molecule has 0 aromatic heterocycles. The third-order valence-corrected chi connectivity index (χ3v) is 4.02. The molecule has 25 heavy (non-hydrogen) atoms. The van der Waals surface area contributed by atoms with Crippen molar-refractivity contribution in [3.05, 3.63) is 64.2 Å². The Bertz CT molecular complexity index is 759. The standard InChI is InChI=1S/C19H20ClNO4/c1-3-25-18-15(5-4-6-16(18)20)11-17(22)21(2)12-13-7-9-14(10-8-13)19(23)24/h4-10H,3,11-12H2,1-2H3,(H,23,24). The number of likely N-dealkylation sites (N-methyl/N-ethyl adjacent to an activating group) is 1. The fourth-order valence-corrected chi connectivity index (χ4v) is 2.66. The van der Waals surface area contributed by atoms with E-state index in [1.807, 2.05) is 13.0 Å². The van der Waals surface area contributed by atoms with E-state index in [-0.39, 0.29) is 17.9 Å². The summed E-state index contributed by atoms with van der Waals surface area (Å²) in [6.45, 7) is 2.72. The highest BCUT2D eigenvalue weighted by Gasteiger charge is 2.15. The van der Waals surface area contributed by atoms with Crippen molar-refractivity contribution in [1.29, 1.82) is 0 Å². The maximum Gasteiger partial charge on any atom is 0.335 e. The third kappa shape index (κ3) is 4.97. The molecule has 1 N–H and O–H groups in total. The summed E-state index contributed by atoms with van der Waals surface area (Å²) in [6.07, 6.45) is 0.180. The second-order valence-corrected chi connectivity index (χ2v) is 6.00. The Balaban J connectivity index is 2.05. The van der Waals surface area contributed by atoms with Crippen molar-refractivity contribution in [2.24, 2.45) is 0 Å². The van der Waals surface area contributed by atoms with Gasteiger partial charge in [0.05, 0.1) is 23.6 Å². The molecule has 0 radical (unpaired) electrons. The quantitative estimate of drug-likeness (QED) is 0.817. The summed E-state index contributed by atoms with van der Waals surface area (Å²) in [5.74, 6) is -0.509. The summed E-state index contributed by atoms with van der Waals surface area (Å²) in [5, 5.41) is 9.40. The van der Waals surface area contributed by atoms with Gasteiger partial charge in [-0.1, -0.05) is 35.9 Å². The molecule has 2 rings (SSSR count). The number of nitrogens with zero attached hydrogens (tertiary/aromatic N) is 1. The zero-order valence-corrected chi connectivity index (χ0v) is 14.9. The van der Waals surface area contributed by atoms with Gasteiger partial charge in [0.15, 0.2) is 0 Å². The second kappa shape index (κ2) is 8.53. The van der Waals surface area contributed by atoms with E-state index in [0.29, 0.717) is 23.9 Å². The Labute approximate surface area is 151 Å². The molecule has 1 amide bonds. The first kappa shape index (κ1) is 18.8. The summed E-state index contributed by atoms with van der Waals surface area (Å²) in [5.41, 5.74) is 1.82. The number of carbonyl (C=O) groups is 2. The molecule has 0 fully saturated rings. The van der Waals surface area contributed by atoms with Crippen molar-refractivity contribution in [2.75, 3.05) is 13.7 Å². The number of para-hydroxylation sites is 1. The Morgan fingerprint density at radius 2 is 1.84 bits per heavy atom. The average Bonchev–Trinajstić information content (AvgIpc) is 2.58. The monoisotopic (exact) mass is 361 g/mol. The van der Waals surface area contributed by atoms with E-state index in [1.165, 1.54) is 12.1 Å². The maximum absolute atomic E-state index is 12.5. The third-order valence-electron chi connectivity index (χ3n) is 3.73. The average molecular weight is 362 g/mol. The van der Waals surface area contributed by atoms with E-state index >= 15 is 0 Å². The summed E-state index contributed by atoms with van der Waals surface area (Å²) in [7, 11) is 1.71. The number of carboxylic acids is 1. The summed E-state index contributed by atoms with van der Waals surface area (Å²) in [4.78, 5) is 25.0. The Morgan fingerprint density at radius 1 is 1.16 bits per heavy atom. The molecule has 0 saturated heterocycles. The van der Waals surface area contributed by atoms with Gasteiger partial charge in [-0.3, -0.25) is 4.79 Å². The maximum atomic E-state index is 12.5. The van der Waals surface area contributed by atoms with Gasteiger partial charge in [-0.2, -0.15) is 0 Å². The number of carboxylic acid groups (broad SMARTS) is 1. The molecule has 0 saturated carbocycles. The van der Waals surface area contributed by atoms with Gasteiger partial charge in [0.1, 0.15) is 5.75 Å². The molecule has 0 heterocycles. The van der Waals surface area contributed by atoms with Gasteiger partial charge in [0.2, 0.25) is 5.91 Å². The fraction of sp³-hybridized carbons (Fsp3) is 0.263. The molecule has 6 heteroatoms. The number of carbonyl (C=O) groups excluding carboxylic acids is 1. The molecule has 0 aliphatic rings. The van der Waals surface area contributed by atoms with Crippen molar-refractivity contribution < 1.29 is 19.4 Å². The lowest BCUT2D eigenvalue weighted by Gasteiger charge is -2.19. The Morgan fingerprint density at radius 3 is 2.44 bits per heavy atom. The Kier molecular flexibility index (Phi) is 6.42. The van der Waals surface area contributed by atoms with Crippen LogP contribution in [0.1, 0.15) is 28.4 Å². The molecule has 2 aromatic carbocycles. The van der Waals surface area contributed by atoms with Crippen LogP contribution in [0.25, 0.3) is 0 Å². The van der Waals surface area contributed by atoms with Crippen molar-refractivity contribution >= 4 is 23.5 Å². The first-order valence-corrected chi connectivity index (χ1v) is 8.26. The molecular weight excluding hydrogens is 342 g/mol. The van der Waals surface area contributed by atoms with E-state index in [1.54, 1.807) is 36.2 Å². The van der Waals surface area contributed by atoms with Gasteiger partial charge in [-0.15, -0.1) is 0 Å². The molecule has 5 nitrogen and oxygen atoms in total. The number of hydrogen-bond donors (Lipinski definition) is 1. The van der Waals surface area contributed by atoms with Crippen LogP contribution in [0.2, 0.25) is 5.02 Å². The highest BCUT2D eigenvalue weighted by molar-refractivity contribution is 6.32. The Hall–Kier alpha value is -2.53. The van der Waals surface area contributed by atoms with Gasteiger partial charge in [0, 0.05) is 19.2 Å². The minimum Gasteiger partial charge on any atom is -0.492 e. The summed E-state index contributed by atoms with van der Waals surface area (Å²) >= 11 is 6.14. The van der Waals surface area contributed by atoms with Gasteiger partial charge >= 0.3 is 5.97 Å². The van der Waals surface area contributed by atoms with Gasteiger partial charge in [-0.25, -0.2) is 4.79 Å². The molecule has 0 aliphatic carbocycles. The largest absolute Gasteiger partial charge is 0.492 e. The van der Waals surface area contributed by atoms with Crippen LogP contribution in [0.3, 0.4) is 0 Å². The molecule has 0 atom stereocenters. The van der Waals surface area contributed by atoms with Crippen LogP contribution in [0.4, 0.5) is 0 Å². The van der Waals surface area contributed by atoms with Gasteiger partial charge in [0.25, 0.3) is 0 Å². The number of aromatic carboxylic acids is 1. The molecule has 0 unspecified atom stereocenters. The summed E-state index contributed by atoms with van der Waals surface area (Å²) < 4.78 is 5.54. The van der Waals surface area contributed by atoms with Crippen LogP contribution in [0.15, 0.2) is 42.5 Å². The normalized spacial score (nSPS) is 10.4. The van der Waals surface area contributed by atoms with E-state index in [2.05, 4.69) is 0 Å². The van der Waals surface area contributed by atoms with E-state index in [4.69, 9.17) is 21.4 Å². The lowest BCUT2D eigenvalue weighted by Crippen LogP contribution is -2.28. The van der Waals surface area contributed by atoms with Gasteiger partial charge < -0.3 is 14.7 Å². The number of hydrogen-bond acceptors (Lipinski definition) is 3. The minimum absolute atomic E-state index is 0.0782. The molecule has 2 aromatic rings. The molecule has 0 spiro atoms. The first-order valence-electron chi connectivity index (χ1n) is 7.88. The smallest absolute Gasteiger partial charge is 0.335 e. The predicted molar refractivity (Wildman–Crippen MR) is 96.2 cm³/mol. The van der Waals surface area contributed by atoms with Crippen LogP contribution < -0.4 is 4.74 Å². The molecule has 132 valence electrons. The molecule has 0 aliphatic heterocycles. The van der Waals surface area contributed by atoms with Gasteiger partial charge in [-0.05, 0) is 30.7 Å². The second-order valence-electron chi connectivity index (χ2n) is 5.59. The zero-order chi connectivity index (χ0) is 18.4. The van der Waals surface area contributed by atoms with Crippen molar-refractivity contribution in [3.63, 3.8) is 0 Å². The van der Waals surface area contributed by atoms with Crippen molar-refractivity contribution in [3.8, 4) is 5.75 Å². The molecular formula is C19H20ClNO4. The van der Waals surface area contributed by atoms with Crippen LogP contribution in [-0.2, 0) is 17.8 Å². The predicted octanol–water partition coefficient (Wildman–Crippen LogP) is 3.64. The van der Waals surface area contributed by atoms with E-state index in [0.717, 1.165) is 11.1 Å². The number of ether oxygens (including phenoxy) is 1. The first-order chi connectivity index (χ1) is 11.9. The number of halogens is 1. The minimum atomic E-state index is -0.972. The van der Waals surface area contributed by atoms with Crippen LogP contribution in [0.5, 0.6) is 5.75 Å². The fourth-order valence-electron chi connectivity index (χ4n) is 2.41. The van der Waals surface area contributed by atoms with Crippen molar-refractivity contribution in [2.45, 2.75) is 19.9 Å². The van der Waals surface area contributed by atoms with E-state index < -0.39 is 5.97 Å². The number of benzene rings is 2. The highest BCUT2D eigenvalue weighted by Crippen LogP contribution is 2.29. The number of amides is 1. The van der Waals surface area contributed by atoms with Crippen LogP contribution in [-0.4, -0.2) is 35.5 Å². The number of rotatable bonds is 7. The summed E-state index contributed by atoms with van der Waals surface area (Å²) in [6, 6.07) is 11.8. The SMILES string of the molecule is CCOc1c(Cl)cccc1CC(=O)N(C)Cc1ccc(C(=O)O)cc1. The lowest BCUT2D eigenvalue weighted by atomic mass is 10.1. The lowest BCUT2D eigenvalue weighted by molar-refractivity contribution is -0.129. The van der Waals surface area contributed by atoms with Crippen LogP contribution in [0, 0.1) is 0 Å². The van der Waals surface area contributed by atoms with Crippen molar-refractivity contribution in [1.82, 2.24) is 4.90 Å². The zero-order valence-electron chi connectivity index (χ0n) is 14.2.